The number of hydrogen-bond donors (Lipinski definition) is 1. The van der Waals surface area contributed by atoms with E-state index in [0.717, 1.165) is 22.6 Å². The summed E-state index contributed by atoms with van der Waals surface area (Å²) < 4.78 is 0. The van der Waals surface area contributed by atoms with E-state index < -0.39 is 0 Å². The fraction of sp³-hybridized carbons (Fsp3) is 0.167. The Balaban J connectivity index is 1.34. The number of nitriles is 1. The first-order valence-corrected chi connectivity index (χ1v) is 11.5. The lowest BCUT2D eigenvalue weighted by Gasteiger charge is -2.14. The van der Waals surface area contributed by atoms with E-state index in [1.165, 1.54) is 4.90 Å². The molecular weight excluding hydrogens is 474 g/mol. The van der Waals surface area contributed by atoms with Crippen molar-refractivity contribution >= 4 is 57.4 Å². The summed E-state index contributed by atoms with van der Waals surface area (Å²) in [5.41, 5.74) is 3.36. The molecule has 2 heterocycles. The monoisotopic (exact) mass is 491 g/mol. The summed E-state index contributed by atoms with van der Waals surface area (Å²) in [7, 11) is 0. The maximum Gasteiger partial charge on any atom is 0.261 e. The Morgan fingerprint density at radius 3 is 2.47 bits per heavy atom. The Bertz CT molecular complexity index is 1340. The van der Waals surface area contributed by atoms with Gasteiger partial charge in [-0.05, 0) is 49.2 Å². The van der Waals surface area contributed by atoms with Gasteiger partial charge in [0.05, 0.1) is 26.7 Å². The molecule has 8 nitrogen and oxygen atoms in total. The van der Waals surface area contributed by atoms with Gasteiger partial charge in [0, 0.05) is 18.8 Å². The van der Waals surface area contributed by atoms with Crippen LogP contribution in [0.2, 0.25) is 5.02 Å². The zero-order valence-electron chi connectivity index (χ0n) is 18.0. The molecule has 1 aliphatic rings. The average Bonchev–Trinajstić information content (AvgIpc) is 3.29. The molecule has 1 aromatic heterocycles. The van der Waals surface area contributed by atoms with Crippen molar-refractivity contribution in [1.29, 1.82) is 5.26 Å². The van der Waals surface area contributed by atoms with E-state index in [1.54, 1.807) is 30.3 Å². The molecule has 0 bridgehead atoms. The number of anilines is 1. The highest BCUT2D eigenvalue weighted by Gasteiger charge is 2.34. The largest absolute Gasteiger partial charge is 0.385 e. The summed E-state index contributed by atoms with van der Waals surface area (Å²) in [4.78, 5) is 37.4. The van der Waals surface area contributed by atoms with E-state index in [4.69, 9.17) is 11.6 Å². The van der Waals surface area contributed by atoms with Gasteiger partial charge in [-0.3, -0.25) is 19.3 Å². The molecule has 0 fully saturated rings. The molecule has 0 saturated heterocycles. The van der Waals surface area contributed by atoms with Crippen molar-refractivity contribution in [2.45, 2.75) is 13.3 Å². The Morgan fingerprint density at radius 2 is 1.85 bits per heavy atom. The fourth-order valence-electron chi connectivity index (χ4n) is 3.55. The number of rotatable bonds is 8. The number of nitrogens with zero attached hydrogens (tertiary/aromatic N) is 4. The Hall–Kier alpha value is -3.87. The third-order valence-electron chi connectivity index (χ3n) is 5.29. The topological polar surface area (TPSA) is 115 Å². The van der Waals surface area contributed by atoms with Crippen LogP contribution in [0, 0.1) is 18.3 Å². The standard InChI is InChI=1S/C24H18ClN5O3S/c1-14-11-15(7-8-19(14)28-29-22-18(12-26)21(25)20(13-31)34-22)27-9-4-10-30-23(32)16-5-2-3-6-17(16)24(30)33/h2-3,5-8,11,13,27H,4,9-10H2,1H3. The van der Waals surface area contributed by atoms with Gasteiger partial charge in [-0.1, -0.05) is 23.7 Å². The van der Waals surface area contributed by atoms with Crippen molar-refractivity contribution in [1.82, 2.24) is 4.90 Å². The second kappa shape index (κ2) is 9.95. The second-order valence-corrected chi connectivity index (χ2v) is 8.89. The lowest BCUT2D eigenvalue weighted by molar-refractivity contribution is 0.0653. The van der Waals surface area contributed by atoms with E-state index in [2.05, 4.69) is 15.5 Å². The molecule has 0 spiro atoms. The van der Waals surface area contributed by atoms with Gasteiger partial charge in [-0.25, -0.2) is 0 Å². The minimum Gasteiger partial charge on any atom is -0.385 e. The number of halogens is 1. The number of thiophene rings is 1. The first-order valence-electron chi connectivity index (χ1n) is 10.3. The van der Waals surface area contributed by atoms with Gasteiger partial charge in [0.25, 0.3) is 11.8 Å². The van der Waals surface area contributed by atoms with E-state index in [1.807, 2.05) is 25.1 Å². The minimum atomic E-state index is -0.252. The van der Waals surface area contributed by atoms with Crippen molar-refractivity contribution in [2.24, 2.45) is 10.2 Å². The molecule has 1 aliphatic heterocycles. The predicted molar refractivity (Wildman–Crippen MR) is 130 cm³/mol. The van der Waals surface area contributed by atoms with Crippen molar-refractivity contribution in [3.63, 3.8) is 0 Å². The van der Waals surface area contributed by atoms with Crippen LogP contribution in [0.15, 0.2) is 52.7 Å². The molecule has 2 aromatic carbocycles. The van der Waals surface area contributed by atoms with Crippen LogP contribution in [0.3, 0.4) is 0 Å². The molecule has 0 aliphatic carbocycles. The zero-order chi connectivity index (χ0) is 24.2. The lowest BCUT2D eigenvalue weighted by atomic mass is 10.1. The zero-order valence-corrected chi connectivity index (χ0v) is 19.6. The van der Waals surface area contributed by atoms with Crippen LogP contribution in [0.4, 0.5) is 16.4 Å². The highest BCUT2D eigenvalue weighted by Crippen LogP contribution is 2.38. The quantitative estimate of drug-likeness (QED) is 0.182. The molecular formula is C24H18ClN5O3S. The van der Waals surface area contributed by atoms with Crippen molar-refractivity contribution in [3.05, 3.63) is 74.6 Å². The third-order valence-corrected chi connectivity index (χ3v) is 6.79. The van der Waals surface area contributed by atoms with Crippen LogP contribution in [-0.2, 0) is 0 Å². The lowest BCUT2D eigenvalue weighted by Crippen LogP contribution is -2.31. The Kier molecular flexibility index (Phi) is 6.82. The van der Waals surface area contributed by atoms with Gasteiger partial charge in [0.1, 0.15) is 11.6 Å². The summed E-state index contributed by atoms with van der Waals surface area (Å²) in [6.45, 7) is 2.78. The number of imide groups is 1. The number of carbonyl (C=O) groups is 3. The summed E-state index contributed by atoms with van der Waals surface area (Å²) in [6, 6.07) is 14.3. The number of azo groups is 1. The van der Waals surface area contributed by atoms with Gasteiger partial charge >= 0.3 is 0 Å². The smallest absolute Gasteiger partial charge is 0.261 e. The molecule has 0 radical (unpaired) electrons. The van der Waals surface area contributed by atoms with Crippen molar-refractivity contribution in [3.8, 4) is 6.07 Å². The number of aryl methyl sites for hydroxylation is 1. The molecule has 1 N–H and O–H groups in total. The summed E-state index contributed by atoms with van der Waals surface area (Å²) in [6.07, 6.45) is 1.19. The number of nitrogens with one attached hydrogen (secondary N) is 1. The number of aldehydes is 1. The van der Waals surface area contributed by atoms with Crippen molar-refractivity contribution < 1.29 is 14.4 Å². The van der Waals surface area contributed by atoms with Gasteiger partial charge in [-0.15, -0.1) is 21.6 Å². The minimum absolute atomic E-state index is 0.0916. The van der Waals surface area contributed by atoms with Crippen LogP contribution in [0.5, 0.6) is 0 Å². The Morgan fingerprint density at radius 1 is 1.15 bits per heavy atom. The van der Waals surface area contributed by atoms with Gasteiger partial charge < -0.3 is 5.32 Å². The molecule has 0 atom stereocenters. The van der Waals surface area contributed by atoms with Crippen LogP contribution >= 0.6 is 22.9 Å². The number of carbonyl (C=O) groups excluding carboxylic acids is 3. The van der Waals surface area contributed by atoms with Gasteiger partial charge in [0.15, 0.2) is 11.3 Å². The van der Waals surface area contributed by atoms with E-state index >= 15 is 0 Å². The normalized spacial score (nSPS) is 12.8. The summed E-state index contributed by atoms with van der Waals surface area (Å²) in [5, 5.41) is 21.2. The van der Waals surface area contributed by atoms with Crippen LogP contribution < -0.4 is 5.32 Å². The van der Waals surface area contributed by atoms with Gasteiger partial charge in [0.2, 0.25) is 0 Å². The van der Waals surface area contributed by atoms with Crippen molar-refractivity contribution in [2.75, 3.05) is 18.4 Å². The maximum atomic E-state index is 12.4. The molecule has 4 rings (SSSR count). The molecule has 10 heteroatoms. The first kappa shape index (κ1) is 23.3. The molecule has 170 valence electrons. The van der Waals surface area contributed by atoms with E-state index in [-0.39, 0.29) is 32.3 Å². The SMILES string of the molecule is Cc1cc(NCCCN2C(=O)c3ccccc3C2=O)ccc1N=Nc1sc(C=O)c(Cl)c1C#N. The molecule has 3 aromatic rings. The van der Waals surface area contributed by atoms with Crippen LogP contribution in [-0.4, -0.2) is 36.1 Å². The van der Waals surface area contributed by atoms with Crippen LogP contribution in [0.1, 0.15) is 47.9 Å². The molecule has 34 heavy (non-hydrogen) atoms. The van der Waals surface area contributed by atoms with Crippen LogP contribution in [0.25, 0.3) is 0 Å². The molecule has 0 unspecified atom stereocenters. The predicted octanol–water partition coefficient (Wildman–Crippen LogP) is 5.91. The first-order chi connectivity index (χ1) is 16.4. The number of benzene rings is 2. The fourth-order valence-corrected chi connectivity index (χ4v) is 4.68. The Labute approximate surface area is 204 Å². The molecule has 2 amide bonds. The second-order valence-electron chi connectivity index (χ2n) is 7.48. The molecule has 0 saturated carbocycles. The van der Waals surface area contributed by atoms with E-state index in [0.29, 0.717) is 42.6 Å². The summed E-state index contributed by atoms with van der Waals surface area (Å²) >= 11 is 7.02. The highest BCUT2D eigenvalue weighted by molar-refractivity contribution is 7.18. The average molecular weight is 492 g/mol. The third kappa shape index (κ3) is 4.46. The number of amides is 2. The summed E-state index contributed by atoms with van der Waals surface area (Å²) in [5.74, 6) is -0.504. The highest BCUT2D eigenvalue weighted by atomic mass is 35.5. The van der Waals surface area contributed by atoms with Gasteiger partial charge in [-0.2, -0.15) is 5.26 Å². The number of fused-ring (bicyclic) bond motifs is 1. The van der Waals surface area contributed by atoms with E-state index in [9.17, 15) is 19.6 Å². The maximum absolute atomic E-state index is 12.4. The number of hydrogen-bond acceptors (Lipinski definition) is 8.